The first-order valence-electron chi connectivity index (χ1n) is 8.37. The minimum atomic E-state index is -0.531. The lowest BCUT2D eigenvalue weighted by Crippen LogP contribution is -2.23. The lowest BCUT2D eigenvalue weighted by Gasteiger charge is -2.12. The predicted octanol–water partition coefficient (Wildman–Crippen LogP) is 2.94. The molecule has 28 heavy (non-hydrogen) atoms. The molecule has 0 saturated heterocycles. The minimum absolute atomic E-state index is 0.482. The van der Waals surface area contributed by atoms with Crippen molar-refractivity contribution in [3.63, 3.8) is 0 Å². The van der Waals surface area contributed by atoms with Gasteiger partial charge in [0.15, 0.2) is 5.82 Å². The Balaban J connectivity index is 1.86. The number of hydrogen-bond acceptors (Lipinski definition) is 5. The highest BCUT2D eigenvalue weighted by molar-refractivity contribution is 7.63. The van der Waals surface area contributed by atoms with Gasteiger partial charge < -0.3 is 16.4 Å². The summed E-state index contributed by atoms with van der Waals surface area (Å²) < 4.78 is 0. The molecule has 4 N–H and O–H groups in total. The van der Waals surface area contributed by atoms with E-state index in [2.05, 4.69) is 33.2 Å². The second-order valence-corrected chi connectivity index (χ2v) is 7.23. The van der Waals surface area contributed by atoms with Crippen molar-refractivity contribution in [2.45, 2.75) is 0 Å². The summed E-state index contributed by atoms with van der Waals surface area (Å²) in [6.07, 6.45) is 1.26. The summed E-state index contributed by atoms with van der Waals surface area (Å²) in [5, 5.41) is 8.75. The van der Waals surface area contributed by atoms with Crippen LogP contribution in [-0.4, -0.2) is 29.0 Å². The molecule has 2 aromatic carbocycles. The molecule has 1 aromatic heterocycles. The summed E-state index contributed by atoms with van der Waals surface area (Å²) >= 11 is 15.6. The molecule has 1 amide bonds. The Morgan fingerprint density at radius 1 is 1.14 bits per heavy atom. The molecule has 6 nitrogen and oxygen atoms in total. The number of primary amides is 1. The molecule has 0 radical (unpaired) electrons. The van der Waals surface area contributed by atoms with Crippen LogP contribution in [0, 0.1) is 0 Å². The first-order chi connectivity index (χ1) is 13.4. The Kier molecular flexibility index (Phi) is 6.61. The zero-order valence-electron chi connectivity index (χ0n) is 14.7. The van der Waals surface area contributed by atoms with E-state index in [0.29, 0.717) is 45.4 Å². The maximum absolute atomic E-state index is 10.9. The predicted molar refractivity (Wildman–Crippen MR) is 119 cm³/mol. The van der Waals surface area contributed by atoms with Gasteiger partial charge in [-0.2, -0.15) is 0 Å². The van der Waals surface area contributed by atoms with Crippen molar-refractivity contribution in [3.05, 3.63) is 63.6 Å². The van der Waals surface area contributed by atoms with Gasteiger partial charge in [0.2, 0.25) is 10.9 Å². The summed E-state index contributed by atoms with van der Waals surface area (Å²) in [6.45, 7) is 1.09. The lowest BCUT2D eigenvalue weighted by atomic mass is 10.2. The van der Waals surface area contributed by atoms with Crippen molar-refractivity contribution in [1.29, 1.82) is 0 Å². The topological polar surface area (TPSA) is 92.9 Å². The van der Waals surface area contributed by atoms with E-state index in [-0.39, 0.29) is 0 Å². The molecule has 1 heterocycles. The van der Waals surface area contributed by atoms with Crippen LogP contribution in [0.1, 0.15) is 0 Å². The monoisotopic (exact) mass is 434 g/mol. The van der Waals surface area contributed by atoms with Gasteiger partial charge in [0.05, 0.1) is 16.6 Å². The fourth-order valence-corrected chi connectivity index (χ4v) is 3.33. The molecule has 3 aromatic rings. The second kappa shape index (κ2) is 9.14. The molecule has 0 fully saturated rings. The number of aromatic nitrogens is 2. The normalized spacial score (nSPS) is 11.5. The molecular formula is C19H18Cl2N5OS+. The number of nitrogens with zero attached hydrogens (tertiary/aromatic N) is 2. The van der Waals surface area contributed by atoms with Gasteiger partial charge in [-0.25, -0.2) is 9.97 Å². The summed E-state index contributed by atoms with van der Waals surface area (Å²) in [5.41, 5.74) is 6.60. The molecule has 0 aliphatic carbocycles. The quantitative estimate of drug-likeness (QED) is 0.302. The molecule has 0 saturated carbocycles. The first kappa shape index (κ1) is 20.3. The molecule has 0 atom stereocenters. The fraction of sp³-hybridized carbons (Fsp3) is 0.105. The SMILES string of the molecule is NC(=O)/C=C(\[SH2+])NCCNc1nc(-c2ccc(Cl)cc2Cl)nc2ccccc12. The highest BCUT2D eigenvalue weighted by Crippen LogP contribution is 2.31. The molecule has 0 unspecified atom stereocenters. The highest BCUT2D eigenvalue weighted by Gasteiger charge is 2.12. The van der Waals surface area contributed by atoms with E-state index in [9.17, 15) is 4.79 Å². The van der Waals surface area contributed by atoms with Crippen LogP contribution < -0.4 is 16.4 Å². The first-order valence-corrected chi connectivity index (χ1v) is 9.62. The number of halogens is 2. The van der Waals surface area contributed by atoms with Crippen molar-refractivity contribution in [2.24, 2.45) is 5.73 Å². The van der Waals surface area contributed by atoms with E-state index < -0.39 is 5.91 Å². The zero-order chi connectivity index (χ0) is 20.1. The van der Waals surface area contributed by atoms with Crippen LogP contribution in [0.3, 0.4) is 0 Å². The molecular weight excluding hydrogens is 417 g/mol. The number of rotatable bonds is 7. The number of nitrogens with two attached hydrogens (primary N) is 1. The third kappa shape index (κ3) is 5.07. The van der Waals surface area contributed by atoms with Crippen molar-refractivity contribution < 1.29 is 4.79 Å². The van der Waals surface area contributed by atoms with Crippen LogP contribution >= 0.6 is 23.2 Å². The van der Waals surface area contributed by atoms with Gasteiger partial charge in [-0.3, -0.25) is 4.79 Å². The number of fused-ring (bicyclic) bond motifs is 1. The minimum Gasteiger partial charge on any atom is -0.368 e. The van der Waals surface area contributed by atoms with E-state index in [0.717, 1.165) is 10.9 Å². The fourth-order valence-electron chi connectivity index (χ4n) is 2.57. The lowest BCUT2D eigenvalue weighted by molar-refractivity contribution is -0.113. The van der Waals surface area contributed by atoms with E-state index in [1.165, 1.54) is 6.08 Å². The third-order valence-electron chi connectivity index (χ3n) is 3.79. The van der Waals surface area contributed by atoms with E-state index in [4.69, 9.17) is 28.9 Å². The van der Waals surface area contributed by atoms with Gasteiger partial charge in [-0.1, -0.05) is 35.3 Å². The van der Waals surface area contributed by atoms with Crippen LogP contribution in [0.5, 0.6) is 0 Å². The molecule has 3 rings (SSSR count). The molecule has 0 bridgehead atoms. The van der Waals surface area contributed by atoms with Crippen molar-refractivity contribution in [3.8, 4) is 11.4 Å². The Hall–Kier alpha value is -2.48. The van der Waals surface area contributed by atoms with Gasteiger partial charge in [0.1, 0.15) is 5.82 Å². The number of carbonyl (C=O) groups excluding carboxylic acids is 1. The van der Waals surface area contributed by atoms with Crippen molar-refractivity contribution >= 4 is 58.5 Å². The van der Waals surface area contributed by atoms with Crippen LogP contribution in [0.4, 0.5) is 5.82 Å². The number of benzene rings is 2. The Bertz CT molecular complexity index is 1060. The number of anilines is 1. The number of carbonyl (C=O) groups is 1. The van der Waals surface area contributed by atoms with E-state index >= 15 is 0 Å². The average molecular weight is 435 g/mol. The largest absolute Gasteiger partial charge is 0.368 e. The number of hydrogen-bond donors (Lipinski definition) is 3. The molecule has 0 aliphatic rings. The average Bonchev–Trinajstić information content (AvgIpc) is 2.64. The highest BCUT2D eigenvalue weighted by atomic mass is 35.5. The smallest absolute Gasteiger partial charge is 0.248 e. The standard InChI is InChI=1S/C19H17Cl2N5OS/c20-11-5-6-12(14(21)9-11)19-25-15-4-2-1-3-13(15)18(26-19)24-8-7-23-17(28)10-16(22)27/h1-6,9-10,23,28H,7-8H2,(H2,22,27)(H,24,25,26)/p+1/b17-10-. The van der Waals surface area contributed by atoms with Crippen molar-refractivity contribution in [2.75, 3.05) is 18.4 Å². The summed E-state index contributed by atoms with van der Waals surface area (Å²) in [7, 11) is 0. The van der Waals surface area contributed by atoms with Gasteiger partial charge in [0, 0.05) is 41.7 Å². The van der Waals surface area contributed by atoms with Crippen LogP contribution in [0.25, 0.3) is 22.3 Å². The molecule has 0 aliphatic heterocycles. The maximum Gasteiger partial charge on any atom is 0.248 e. The third-order valence-corrected chi connectivity index (χ3v) is 4.66. The van der Waals surface area contributed by atoms with E-state index in [1.54, 1.807) is 18.2 Å². The second-order valence-electron chi connectivity index (χ2n) is 5.85. The Morgan fingerprint density at radius 2 is 1.93 bits per heavy atom. The van der Waals surface area contributed by atoms with Crippen LogP contribution in [0.15, 0.2) is 53.6 Å². The summed E-state index contributed by atoms with van der Waals surface area (Å²) in [6, 6.07) is 12.9. The Labute approximate surface area is 177 Å². The van der Waals surface area contributed by atoms with Gasteiger partial charge in [-0.15, -0.1) is 0 Å². The number of para-hydroxylation sites is 1. The number of nitrogens with one attached hydrogen (secondary N) is 2. The van der Waals surface area contributed by atoms with Gasteiger partial charge in [0.25, 0.3) is 0 Å². The van der Waals surface area contributed by atoms with Gasteiger partial charge >= 0.3 is 0 Å². The number of amides is 1. The van der Waals surface area contributed by atoms with Crippen LogP contribution in [0.2, 0.25) is 10.0 Å². The summed E-state index contributed by atoms with van der Waals surface area (Å²) in [5.74, 6) is 0.657. The van der Waals surface area contributed by atoms with Crippen LogP contribution in [-0.2, 0) is 17.4 Å². The van der Waals surface area contributed by atoms with Gasteiger partial charge in [-0.05, 0) is 30.3 Å². The van der Waals surface area contributed by atoms with Crippen molar-refractivity contribution in [1.82, 2.24) is 15.3 Å². The Morgan fingerprint density at radius 3 is 2.68 bits per heavy atom. The maximum atomic E-state index is 10.9. The zero-order valence-corrected chi connectivity index (χ0v) is 17.2. The molecule has 9 heteroatoms. The van der Waals surface area contributed by atoms with E-state index in [1.807, 2.05) is 24.3 Å². The molecule has 144 valence electrons. The molecule has 0 spiro atoms. The summed E-state index contributed by atoms with van der Waals surface area (Å²) in [4.78, 5) is 20.1.